The van der Waals surface area contributed by atoms with Crippen LogP contribution < -0.4 is 5.32 Å². The standard InChI is InChI=1S/C15H33N/c1-9-14(7,10-2)13(5,6)15(11-3,12-4)16-8/h16H,9-12H2,1-8H3. The van der Waals surface area contributed by atoms with E-state index in [4.69, 9.17) is 0 Å². The van der Waals surface area contributed by atoms with Crippen LogP contribution in [-0.4, -0.2) is 12.6 Å². The average molecular weight is 227 g/mol. The predicted molar refractivity (Wildman–Crippen MR) is 74.8 cm³/mol. The Kier molecular flexibility index (Phi) is 5.52. The quantitative estimate of drug-likeness (QED) is 0.669. The van der Waals surface area contributed by atoms with Crippen molar-refractivity contribution in [1.29, 1.82) is 0 Å². The lowest BCUT2D eigenvalue weighted by molar-refractivity contribution is -0.0254. The van der Waals surface area contributed by atoms with Gasteiger partial charge in [-0.2, -0.15) is 0 Å². The lowest BCUT2D eigenvalue weighted by Gasteiger charge is -2.56. The van der Waals surface area contributed by atoms with Crippen molar-refractivity contribution in [3.8, 4) is 0 Å². The van der Waals surface area contributed by atoms with Crippen molar-refractivity contribution >= 4 is 0 Å². The van der Waals surface area contributed by atoms with Gasteiger partial charge in [0.05, 0.1) is 0 Å². The molecule has 0 aromatic heterocycles. The molecule has 0 spiro atoms. The molecule has 98 valence electrons. The van der Waals surface area contributed by atoms with Crippen LogP contribution >= 0.6 is 0 Å². The molecular weight excluding hydrogens is 194 g/mol. The first-order chi connectivity index (χ1) is 7.30. The van der Waals surface area contributed by atoms with E-state index in [1.807, 2.05) is 0 Å². The van der Waals surface area contributed by atoms with Crippen molar-refractivity contribution in [3.63, 3.8) is 0 Å². The van der Waals surface area contributed by atoms with Crippen molar-refractivity contribution in [3.05, 3.63) is 0 Å². The molecule has 0 unspecified atom stereocenters. The fourth-order valence-corrected chi connectivity index (χ4v) is 3.51. The smallest absolute Gasteiger partial charge is 0.0229 e. The lowest BCUT2D eigenvalue weighted by atomic mass is 9.53. The molecule has 0 radical (unpaired) electrons. The highest BCUT2D eigenvalue weighted by atomic mass is 15.0. The zero-order chi connectivity index (χ0) is 13.0. The molecule has 0 fully saturated rings. The fourth-order valence-electron chi connectivity index (χ4n) is 3.51. The number of nitrogens with one attached hydrogen (secondary N) is 1. The van der Waals surface area contributed by atoms with Gasteiger partial charge >= 0.3 is 0 Å². The Morgan fingerprint density at radius 2 is 1.12 bits per heavy atom. The van der Waals surface area contributed by atoms with E-state index < -0.39 is 0 Å². The summed E-state index contributed by atoms with van der Waals surface area (Å²) in [5, 5.41) is 3.63. The second kappa shape index (κ2) is 5.53. The van der Waals surface area contributed by atoms with Gasteiger partial charge in [-0.15, -0.1) is 0 Å². The average Bonchev–Trinajstić information content (AvgIpc) is 2.30. The van der Waals surface area contributed by atoms with Crippen LogP contribution in [0.5, 0.6) is 0 Å². The van der Waals surface area contributed by atoms with E-state index in [0.29, 0.717) is 10.8 Å². The third-order valence-electron chi connectivity index (χ3n) is 5.95. The van der Waals surface area contributed by atoms with Crippen molar-refractivity contribution in [1.82, 2.24) is 5.32 Å². The summed E-state index contributed by atoms with van der Waals surface area (Å²) in [6.45, 7) is 16.6. The first-order valence-electron chi connectivity index (χ1n) is 6.99. The van der Waals surface area contributed by atoms with Gasteiger partial charge in [0.1, 0.15) is 0 Å². The van der Waals surface area contributed by atoms with E-state index in [2.05, 4.69) is 60.8 Å². The largest absolute Gasteiger partial charge is 0.314 e. The molecule has 0 amide bonds. The van der Waals surface area contributed by atoms with Crippen LogP contribution in [0.3, 0.4) is 0 Å². The molecule has 0 heterocycles. The van der Waals surface area contributed by atoms with Crippen LogP contribution in [0, 0.1) is 10.8 Å². The molecule has 1 nitrogen and oxygen atoms in total. The van der Waals surface area contributed by atoms with Crippen LogP contribution in [0.15, 0.2) is 0 Å². The highest BCUT2D eigenvalue weighted by Gasteiger charge is 2.50. The monoisotopic (exact) mass is 227 g/mol. The maximum atomic E-state index is 3.63. The van der Waals surface area contributed by atoms with E-state index in [1.54, 1.807) is 0 Å². The first kappa shape index (κ1) is 16.0. The van der Waals surface area contributed by atoms with Gasteiger partial charge in [0.15, 0.2) is 0 Å². The van der Waals surface area contributed by atoms with Crippen LogP contribution in [0.1, 0.15) is 74.1 Å². The minimum atomic E-state index is 0.258. The van der Waals surface area contributed by atoms with Crippen molar-refractivity contribution in [2.45, 2.75) is 79.7 Å². The van der Waals surface area contributed by atoms with Gasteiger partial charge < -0.3 is 5.32 Å². The SMILES string of the molecule is CCC(C)(CC)C(C)(C)C(CC)(CC)NC. The van der Waals surface area contributed by atoms with Gasteiger partial charge in [-0.1, -0.05) is 61.3 Å². The highest BCUT2D eigenvalue weighted by Crippen LogP contribution is 2.53. The summed E-state index contributed by atoms with van der Waals surface area (Å²) in [4.78, 5) is 0. The first-order valence-corrected chi connectivity index (χ1v) is 6.99. The summed E-state index contributed by atoms with van der Waals surface area (Å²) in [6, 6.07) is 0. The normalized spacial score (nSPS) is 14.2. The van der Waals surface area contributed by atoms with E-state index in [0.717, 1.165) is 0 Å². The number of hydrogen-bond donors (Lipinski definition) is 1. The summed E-state index contributed by atoms with van der Waals surface area (Å²) in [5.41, 5.74) is 0.970. The van der Waals surface area contributed by atoms with Crippen LogP contribution in [-0.2, 0) is 0 Å². The Morgan fingerprint density at radius 3 is 1.31 bits per heavy atom. The molecule has 0 saturated carbocycles. The Morgan fingerprint density at radius 1 is 0.750 bits per heavy atom. The number of hydrogen-bond acceptors (Lipinski definition) is 1. The molecule has 0 saturated heterocycles. The third-order valence-corrected chi connectivity index (χ3v) is 5.95. The van der Waals surface area contributed by atoms with Gasteiger partial charge in [-0.25, -0.2) is 0 Å². The second-order valence-electron chi connectivity index (χ2n) is 5.93. The van der Waals surface area contributed by atoms with Gasteiger partial charge in [0.25, 0.3) is 0 Å². The zero-order valence-electron chi connectivity index (χ0n) is 12.8. The van der Waals surface area contributed by atoms with Crippen molar-refractivity contribution in [2.75, 3.05) is 7.05 Å². The fraction of sp³-hybridized carbons (Fsp3) is 1.00. The van der Waals surface area contributed by atoms with Crippen LogP contribution in [0.25, 0.3) is 0 Å². The van der Waals surface area contributed by atoms with Gasteiger partial charge in [0, 0.05) is 5.54 Å². The van der Waals surface area contributed by atoms with Crippen molar-refractivity contribution < 1.29 is 0 Å². The zero-order valence-corrected chi connectivity index (χ0v) is 12.8. The third kappa shape index (κ3) is 2.16. The Hall–Kier alpha value is -0.0400. The number of rotatable bonds is 7. The molecule has 16 heavy (non-hydrogen) atoms. The molecule has 0 bridgehead atoms. The van der Waals surface area contributed by atoms with Gasteiger partial charge in [0.2, 0.25) is 0 Å². The molecule has 0 rings (SSSR count). The van der Waals surface area contributed by atoms with E-state index in [-0.39, 0.29) is 5.54 Å². The molecule has 0 aromatic carbocycles. The molecule has 0 aliphatic heterocycles. The molecule has 0 aliphatic rings. The molecule has 0 aromatic rings. The predicted octanol–water partition coefficient (Wildman–Crippen LogP) is 4.62. The Labute approximate surface area is 103 Å². The lowest BCUT2D eigenvalue weighted by Crippen LogP contribution is -2.60. The van der Waals surface area contributed by atoms with Crippen LogP contribution in [0.2, 0.25) is 0 Å². The molecule has 0 aliphatic carbocycles. The van der Waals surface area contributed by atoms with E-state index in [1.165, 1.54) is 25.7 Å². The maximum Gasteiger partial charge on any atom is 0.0229 e. The van der Waals surface area contributed by atoms with Gasteiger partial charge in [-0.05, 0) is 30.7 Å². The molecule has 0 atom stereocenters. The summed E-state index contributed by atoms with van der Waals surface area (Å²) >= 11 is 0. The highest BCUT2D eigenvalue weighted by molar-refractivity contribution is 5.05. The van der Waals surface area contributed by atoms with E-state index >= 15 is 0 Å². The Balaban J connectivity index is 5.43. The minimum Gasteiger partial charge on any atom is -0.314 e. The molecular formula is C15H33N. The van der Waals surface area contributed by atoms with Crippen LogP contribution in [0.4, 0.5) is 0 Å². The van der Waals surface area contributed by atoms with Gasteiger partial charge in [-0.3, -0.25) is 0 Å². The molecule has 1 heteroatoms. The molecule has 1 N–H and O–H groups in total. The van der Waals surface area contributed by atoms with E-state index in [9.17, 15) is 0 Å². The minimum absolute atomic E-state index is 0.258. The summed E-state index contributed by atoms with van der Waals surface area (Å²) in [7, 11) is 2.13. The Bertz CT molecular complexity index is 189. The van der Waals surface area contributed by atoms with Crippen molar-refractivity contribution in [2.24, 2.45) is 10.8 Å². The second-order valence-corrected chi connectivity index (χ2v) is 5.93. The maximum absolute atomic E-state index is 3.63. The topological polar surface area (TPSA) is 12.0 Å². The summed E-state index contributed by atoms with van der Waals surface area (Å²) < 4.78 is 0. The summed E-state index contributed by atoms with van der Waals surface area (Å²) in [5.74, 6) is 0. The summed E-state index contributed by atoms with van der Waals surface area (Å²) in [6.07, 6.45) is 4.89.